The zero-order chi connectivity index (χ0) is 14.0. The molecule has 110 valence electrons. The third kappa shape index (κ3) is 3.15. The van der Waals surface area contributed by atoms with Crippen molar-refractivity contribution < 1.29 is 9.53 Å². The highest BCUT2D eigenvalue weighted by Crippen LogP contribution is 2.35. The molecule has 0 aromatic carbocycles. The maximum Gasteiger partial charge on any atom is 0.228 e. The third-order valence-electron chi connectivity index (χ3n) is 4.86. The van der Waals surface area contributed by atoms with Gasteiger partial charge in [0.1, 0.15) is 0 Å². The van der Waals surface area contributed by atoms with Gasteiger partial charge in [0.2, 0.25) is 5.91 Å². The molecule has 0 saturated carbocycles. The lowest BCUT2D eigenvalue weighted by atomic mass is 9.88. The SMILES string of the molecule is CC1OC(C)C(C(=O)N2CCCC2CCCBr)C1C. The number of rotatable bonds is 4. The van der Waals surface area contributed by atoms with Gasteiger partial charge in [0, 0.05) is 17.9 Å². The topological polar surface area (TPSA) is 29.5 Å². The maximum atomic E-state index is 12.8. The molecule has 0 bridgehead atoms. The lowest BCUT2D eigenvalue weighted by molar-refractivity contribution is -0.138. The monoisotopic (exact) mass is 331 g/mol. The van der Waals surface area contributed by atoms with Gasteiger partial charge in [-0.25, -0.2) is 0 Å². The number of halogens is 1. The van der Waals surface area contributed by atoms with Gasteiger partial charge in [-0.15, -0.1) is 0 Å². The van der Waals surface area contributed by atoms with Crippen molar-refractivity contribution in [3.05, 3.63) is 0 Å². The second-order valence-corrected chi connectivity index (χ2v) is 6.88. The van der Waals surface area contributed by atoms with Crippen molar-refractivity contribution in [2.45, 2.75) is 64.7 Å². The van der Waals surface area contributed by atoms with E-state index in [9.17, 15) is 4.79 Å². The predicted octanol–water partition coefficient (Wildman–Crippen LogP) is 3.21. The van der Waals surface area contributed by atoms with E-state index in [1.165, 1.54) is 6.42 Å². The van der Waals surface area contributed by atoms with Crippen LogP contribution in [0.4, 0.5) is 0 Å². The van der Waals surface area contributed by atoms with E-state index in [0.29, 0.717) is 17.9 Å². The fourth-order valence-corrected chi connectivity index (χ4v) is 3.95. The minimum atomic E-state index is 0.0552. The molecule has 2 rings (SSSR count). The van der Waals surface area contributed by atoms with Crippen LogP contribution >= 0.6 is 15.9 Å². The largest absolute Gasteiger partial charge is 0.374 e. The zero-order valence-electron chi connectivity index (χ0n) is 12.3. The van der Waals surface area contributed by atoms with Gasteiger partial charge in [0.15, 0.2) is 0 Å². The van der Waals surface area contributed by atoms with Crippen molar-refractivity contribution in [3.8, 4) is 0 Å². The first-order valence-electron chi connectivity index (χ1n) is 7.58. The summed E-state index contributed by atoms with van der Waals surface area (Å²) in [6.07, 6.45) is 4.87. The van der Waals surface area contributed by atoms with Crippen LogP contribution in [0, 0.1) is 11.8 Å². The summed E-state index contributed by atoms with van der Waals surface area (Å²) in [6, 6.07) is 0.459. The molecule has 2 aliphatic heterocycles. The summed E-state index contributed by atoms with van der Waals surface area (Å²) >= 11 is 3.48. The Balaban J connectivity index is 2.02. The summed E-state index contributed by atoms with van der Waals surface area (Å²) < 4.78 is 5.83. The van der Waals surface area contributed by atoms with E-state index < -0.39 is 0 Å². The van der Waals surface area contributed by atoms with Crippen LogP contribution in [-0.2, 0) is 9.53 Å². The molecule has 0 radical (unpaired) electrons. The Kier molecular flexibility index (Phi) is 5.29. The molecule has 2 aliphatic rings. The fraction of sp³-hybridized carbons (Fsp3) is 0.933. The minimum Gasteiger partial charge on any atom is -0.374 e. The summed E-state index contributed by atoms with van der Waals surface area (Å²) in [5, 5.41) is 1.03. The molecular formula is C15H26BrNO2. The van der Waals surface area contributed by atoms with Gasteiger partial charge in [-0.1, -0.05) is 22.9 Å². The number of carbonyl (C=O) groups is 1. The summed E-state index contributed by atoms with van der Waals surface area (Å²) in [7, 11) is 0. The lowest BCUT2D eigenvalue weighted by Gasteiger charge is -2.30. The van der Waals surface area contributed by atoms with Crippen molar-refractivity contribution in [2.24, 2.45) is 11.8 Å². The second kappa shape index (κ2) is 6.57. The van der Waals surface area contributed by atoms with E-state index in [1.54, 1.807) is 0 Å². The van der Waals surface area contributed by atoms with Crippen molar-refractivity contribution in [1.29, 1.82) is 0 Å². The number of ether oxygens (including phenoxy) is 1. The molecular weight excluding hydrogens is 306 g/mol. The number of amides is 1. The Bertz CT molecular complexity index is 323. The Hall–Kier alpha value is -0.0900. The molecule has 3 nitrogen and oxygen atoms in total. The Labute approximate surface area is 125 Å². The van der Waals surface area contributed by atoms with Crippen LogP contribution in [0.15, 0.2) is 0 Å². The normalized spacial score (nSPS) is 38.9. The molecule has 0 aromatic heterocycles. The molecule has 2 fully saturated rings. The predicted molar refractivity (Wildman–Crippen MR) is 80.4 cm³/mol. The number of alkyl halides is 1. The molecule has 0 N–H and O–H groups in total. The highest BCUT2D eigenvalue weighted by Gasteiger charge is 2.45. The molecule has 4 heteroatoms. The summed E-state index contributed by atoms with van der Waals surface area (Å²) in [6.45, 7) is 7.23. The molecule has 2 heterocycles. The van der Waals surface area contributed by atoms with E-state index in [0.717, 1.165) is 31.1 Å². The summed E-state index contributed by atoms with van der Waals surface area (Å²) in [5.74, 6) is 0.723. The number of hydrogen-bond acceptors (Lipinski definition) is 2. The average molecular weight is 332 g/mol. The van der Waals surface area contributed by atoms with Crippen molar-refractivity contribution in [1.82, 2.24) is 4.90 Å². The van der Waals surface area contributed by atoms with E-state index in [1.807, 2.05) is 6.92 Å². The second-order valence-electron chi connectivity index (χ2n) is 6.09. The van der Waals surface area contributed by atoms with Crippen LogP contribution in [-0.4, -0.2) is 40.9 Å². The maximum absolute atomic E-state index is 12.8. The van der Waals surface area contributed by atoms with Gasteiger partial charge in [-0.05, 0) is 45.4 Å². The molecule has 5 atom stereocenters. The Morgan fingerprint density at radius 3 is 2.63 bits per heavy atom. The van der Waals surface area contributed by atoms with Crippen molar-refractivity contribution >= 4 is 21.8 Å². The standard InChI is InChI=1S/C15H26BrNO2/c1-10-11(2)19-12(3)14(10)15(18)17-9-5-7-13(17)6-4-8-16/h10-14H,4-9H2,1-3H3. The van der Waals surface area contributed by atoms with E-state index in [-0.39, 0.29) is 18.1 Å². The molecule has 0 aliphatic carbocycles. The molecule has 0 spiro atoms. The average Bonchev–Trinajstić information content (AvgIpc) is 2.92. The molecule has 5 unspecified atom stereocenters. The summed E-state index contributed by atoms with van der Waals surface area (Å²) in [4.78, 5) is 15.0. The number of nitrogens with zero attached hydrogens (tertiary/aromatic N) is 1. The molecule has 2 saturated heterocycles. The van der Waals surface area contributed by atoms with Gasteiger partial charge < -0.3 is 9.64 Å². The van der Waals surface area contributed by atoms with Gasteiger partial charge in [-0.3, -0.25) is 4.79 Å². The van der Waals surface area contributed by atoms with Crippen LogP contribution in [0.1, 0.15) is 46.5 Å². The van der Waals surface area contributed by atoms with Crippen LogP contribution in [0.2, 0.25) is 0 Å². The quantitative estimate of drug-likeness (QED) is 0.740. The summed E-state index contributed by atoms with van der Waals surface area (Å²) in [5.41, 5.74) is 0. The minimum absolute atomic E-state index is 0.0552. The van der Waals surface area contributed by atoms with Crippen LogP contribution < -0.4 is 0 Å². The number of hydrogen-bond donors (Lipinski definition) is 0. The van der Waals surface area contributed by atoms with Gasteiger partial charge in [-0.2, -0.15) is 0 Å². The molecule has 19 heavy (non-hydrogen) atoms. The van der Waals surface area contributed by atoms with E-state index in [4.69, 9.17) is 4.74 Å². The van der Waals surface area contributed by atoms with Crippen LogP contribution in [0.3, 0.4) is 0 Å². The first kappa shape index (κ1) is 15.3. The number of likely N-dealkylation sites (tertiary alicyclic amines) is 1. The Morgan fingerprint density at radius 2 is 2.05 bits per heavy atom. The smallest absolute Gasteiger partial charge is 0.228 e. The Morgan fingerprint density at radius 1 is 1.32 bits per heavy atom. The van der Waals surface area contributed by atoms with E-state index in [2.05, 4.69) is 34.7 Å². The highest BCUT2D eigenvalue weighted by atomic mass is 79.9. The third-order valence-corrected chi connectivity index (χ3v) is 5.42. The highest BCUT2D eigenvalue weighted by molar-refractivity contribution is 9.09. The van der Waals surface area contributed by atoms with Gasteiger partial charge in [0.05, 0.1) is 18.1 Å². The zero-order valence-corrected chi connectivity index (χ0v) is 13.9. The first-order valence-corrected chi connectivity index (χ1v) is 8.70. The van der Waals surface area contributed by atoms with Crippen molar-refractivity contribution in [3.63, 3.8) is 0 Å². The number of carbonyl (C=O) groups excluding carboxylic acids is 1. The lowest BCUT2D eigenvalue weighted by Crippen LogP contribution is -2.43. The fourth-order valence-electron chi connectivity index (χ4n) is 3.62. The van der Waals surface area contributed by atoms with Gasteiger partial charge >= 0.3 is 0 Å². The van der Waals surface area contributed by atoms with Crippen LogP contribution in [0.5, 0.6) is 0 Å². The van der Waals surface area contributed by atoms with Crippen LogP contribution in [0.25, 0.3) is 0 Å². The van der Waals surface area contributed by atoms with Gasteiger partial charge in [0.25, 0.3) is 0 Å². The molecule has 0 aromatic rings. The first-order chi connectivity index (χ1) is 9.06. The molecule has 1 amide bonds. The van der Waals surface area contributed by atoms with E-state index >= 15 is 0 Å². The van der Waals surface area contributed by atoms with Crippen molar-refractivity contribution in [2.75, 3.05) is 11.9 Å².